The minimum atomic E-state index is -0.177. The second-order valence-corrected chi connectivity index (χ2v) is 5.60. The van der Waals surface area contributed by atoms with Crippen LogP contribution < -0.4 is 11.1 Å². The average Bonchev–Trinajstić information content (AvgIpc) is 2.36. The molecule has 3 N–H and O–H groups in total. The fourth-order valence-electron chi connectivity index (χ4n) is 2.08. The number of nitrogens with one attached hydrogen (secondary N) is 1. The third kappa shape index (κ3) is 3.81. The van der Waals surface area contributed by atoms with E-state index in [9.17, 15) is 4.79 Å². The highest BCUT2D eigenvalue weighted by atomic mass is 35.5. The molecule has 6 heteroatoms. The number of rotatable bonds is 3. The number of nitrogen functional groups attached to an aromatic ring is 1. The van der Waals surface area contributed by atoms with Gasteiger partial charge in [0.15, 0.2) is 0 Å². The molecule has 1 amide bonds. The normalized spacial score (nSPS) is 18.0. The summed E-state index contributed by atoms with van der Waals surface area (Å²) in [5, 5.41) is 3.15. The first kappa shape index (κ1) is 14.1. The zero-order valence-electron chi connectivity index (χ0n) is 10.9. The van der Waals surface area contributed by atoms with Gasteiger partial charge in [0.25, 0.3) is 5.91 Å². The van der Waals surface area contributed by atoms with Gasteiger partial charge in [-0.05, 0) is 30.4 Å². The van der Waals surface area contributed by atoms with Crippen molar-refractivity contribution in [1.82, 2.24) is 10.3 Å². The summed E-state index contributed by atoms with van der Waals surface area (Å²) in [6, 6.07) is 3.03. The Balaban J connectivity index is 1.97. The molecule has 0 saturated carbocycles. The number of hydrogen-bond acceptors (Lipinski definition) is 4. The van der Waals surface area contributed by atoms with Crippen molar-refractivity contribution in [1.29, 1.82) is 0 Å². The van der Waals surface area contributed by atoms with Gasteiger partial charge in [0.2, 0.25) is 0 Å². The van der Waals surface area contributed by atoms with E-state index in [2.05, 4.69) is 17.2 Å². The van der Waals surface area contributed by atoms with Crippen molar-refractivity contribution >= 4 is 23.3 Å². The predicted molar refractivity (Wildman–Crippen MR) is 74.2 cm³/mol. The summed E-state index contributed by atoms with van der Waals surface area (Å²) < 4.78 is 5.33. The van der Waals surface area contributed by atoms with E-state index in [-0.39, 0.29) is 22.3 Å². The van der Waals surface area contributed by atoms with Crippen molar-refractivity contribution in [3.63, 3.8) is 0 Å². The van der Waals surface area contributed by atoms with Gasteiger partial charge in [0.05, 0.1) is 0 Å². The summed E-state index contributed by atoms with van der Waals surface area (Å²) in [5.74, 6) is 0.0682. The number of nitrogens with two attached hydrogens (primary N) is 1. The number of halogens is 1. The van der Waals surface area contributed by atoms with Crippen LogP contribution in [-0.2, 0) is 4.74 Å². The molecule has 1 aliphatic heterocycles. The molecule has 5 nitrogen and oxygen atoms in total. The van der Waals surface area contributed by atoms with Crippen LogP contribution in [0, 0.1) is 5.41 Å². The maximum absolute atomic E-state index is 12.0. The SMILES string of the molecule is CC1(CNC(=O)c2cc(N)nc(Cl)c2)CCOCC1. The number of carbonyl (C=O) groups excluding carboxylic acids is 1. The standard InChI is InChI=1S/C13H18ClN3O2/c1-13(2-4-19-5-3-13)8-16-12(18)9-6-10(14)17-11(15)7-9/h6-7H,2-5,8H2,1H3,(H2,15,17)(H,16,18). The van der Waals surface area contributed by atoms with Crippen molar-refractivity contribution in [3.8, 4) is 0 Å². The second kappa shape index (κ2) is 5.75. The summed E-state index contributed by atoms with van der Waals surface area (Å²) >= 11 is 5.78. The number of aromatic nitrogens is 1. The highest BCUT2D eigenvalue weighted by Crippen LogP contribution is 2.28. The van der Waals surface area contributed by atoms with Gasteiger partial charge in [-0.1, -0.05) is 18.5 Å². The van der Waals surface area contributed by atoms with Gasteiger partial charge in [-0.25, -0.2) is 4.98 Å². The molecule has 19 heavy (non-hydrogen) atoms. The van der Waals surface area contributed by atoms with E-state index in [1.807, 2.05) is 0 Å². The van der Waals surface area contributed by atoms with Gasteiger partial charge in [-0.3, -0.25) is 4.79 Å². The lowest BCUT2D eigenvalue weighted by molar-refractivity contribution is 0.0238. The second-order valence-electron chi connectivity index (χ2n) is 5.21. The number of ether oxygens (including phenoxy) is 1. The molecule has 1 aliphatic rings. The van der Waals surface area contributed by atoms with Crippen LogP contribution in [0.3, 0.4) is 0 Å². The summed E-state index contributed by atoms with van der Waals surface area (Å²) in [4.78, 5) is 15.9. The Morgan fingerprint density at radius 1 is 1.53 bits per heavy atom. The Hall–Kier alpha value is -1.33. The number of amides is 1. The molecule has 1 saturated heterocycles. The lowest BCUT2D eigenvalue weighted by atomic mass is 9.82. The maximum atomic E-state index is 12.0. The monoisotopic (exact) mass is 283 g/mol. The number of carbonyl (C=O) groups is 1. The average molecular weight is 284 g/mol. The number of pyridine rings is 1. The molecule has 0 radical (unpaired) electrons. The van der Waals surface area contributed by atoms with Crippen molar-refractivity contribution < 1.29 is 9.53 Å². The molecule has 0 aliphatic carbocycles. The van der Waals surface area contributed by atoms with Crippen molar-refractivity contribution in [2.45, 2.75) is 19.8 Å². The lowest BCUT2D eigenvalue weighted by Gasteiger charge is -2.33. The maximum Gasteiger partial charge on any atom is 0.251 e. The zero-order chi connectivity index (χ0) is 13.9. The van der Waals surface area contributed by atoms with Gasteiger partial charge in [0.1, 0.15) is 11.0 Å². The molecule has 104 valence electrons. The van der Waals surface area contributed by atoms with Gasteiger partial charge >= 0.3 is 0 Å². The van der Waals surface area contributed by atoms with Crippen molar-refractivity contribution in [2.24, 2.45) is 5.41 Å². The molecule has 0 spiro atoms. The van der Waals surface area contributed by atoms with E-state index in [4.69, 9.17) is 22.1 Å². The van der Waals surface area contributed by atoms with E-state index < -0.39 is 0 Å². The Kier molecular flexibility index (Phi) is 4.27. The number of anilines is 1. The number of hydrogen-bond donors (Lipinski definition) is 2. The van der Waals surface area contributed by atoms with E-state index >= 15 is 0 Å². The van der Waals surface area contributed by atoms with Crippen LogP contribution in [0.2, 0.25) is 5.15 Å². The Labute approximate surface area is 117 Å². The third-order valence-electron chi connectivity index (χ3n) is 3.45. The van der Waals surface area contributed by atoms with Gasteiger partial charge in [-0.15, -0.1) is 0 Å². The molecule has 2 rings (SSSR count). The van der Waals surface area contributed by atoms with Crippen LogP contribution >= 0.6 is 11.6 Å². The summed E-state index contributed by atoms with van der Waals surface area (Å²) in [5.41, 5.74) is 6.10. The molecule has 0 atom stereocenters. The molecule has 0 aromatic carbocycles. The molecule has 1 aromatic rings. The fraction of sp³-hybridized carbons (Fsp3) is 0.538. The van der Waals surface area contributed by atoms with Crippen molar-refractivity contribution in [3.05, 3.63) is 22.8 Å². The molecule has 0 unspecified atom stereocenters. The highest BCUT2D eigenvalue weighted by molar-refractivity contribution is 6.29. The van der Waals surface area contributed by atoms with Crippen LogP contribution in [0.15, 0.2) is 12.1 Å². The number of nitrogens with zero attached hydrogens (tertiary/aromatic N) is 1. The Bertz CT molecular complexity index is 453. The van der Waals surface area contributed by atoms with Crippen LogP contribution in [0.5, 0.6) is 0 Å². The van der Waals surface area contributed by atoms with Crippen LogP contribution in [0.4, 0.5) is 5.82 Å². The summed E-state index contributed by atoms with van der Waals surface area (Å²) in [6.07, 6.45) is 1.90. The van der Waals surface area contributed by atoms with E-state index in [1.165, 1.54) is 12.1 Å². The topological polar surface area (TPSA) is 77.2 Å². The van der Waals surface area contributed by atoms with Crippen molar-refractivity contribution in [2.75, 3.05) is 25.5 Å². The Morgan fingerprint density at radius 2 is 2.21 bits per heavy atom. The molecule has 2 heterocycles. The lowest BCUT2D eigenvalue weighted by Crippen LogP contribution is -2.39. The smallest absolute Gasteiger partial charge is 0.251 e. The van der Waals surface area contributed by atoms with Crippen LogP contribution in [-0.4, -0.2) is 30.6 Å². The van der Waals surface area contributed by atoms with Gasteiger partial charge in [-0.2, -0.15) is 0 Å². The molecule has 1 aromatic heterocycles. The van der Waals surface area contributed by atoms with E-state index in [1.54, 1.807) is 0 Å². The van der Waals surface area contributed by atoms with Crippen LogP contribution in [0.25, 0.3) is 0 Å². The van der Waals surface area contributed by atoms with Gasteiger partial charge in [0, 0.05) is 25.3 Å². The first-order chi connectivity index (χ1) is 8.98. The minimum Gasteiger partial charge on any atom is -0.384 e. The van der Waals surface area contributed by atoms with Gasteiger partial charge < -0.3 is 15.8 Å². The quantitative estimate of drug-likeness (QED) is 0.830. The molecular formula is C13H18ClN3O2. The zero-order valence-corrected chi connectivity index (χ0v) is 11.7. The highest BCUT2D eigenvalue weighted by Gasteiger charge is 2.27. The Morgan fingerprint density at radius 3 is 2.84 bits per heavy atom. The first-order valence-electron chi connectivity index (χ1n) is 6.28. The minimum absolute atomic E-state index is 0.0935. The van der Waals surface area contributed by atoms with Crippen LogP contribution in [0.1, 0.15) is 30.1 Å². The summed E-state index contributed by atoms with van der Waals surface area (Å²) in [6.45, 7) is 4.28. The predicted octanol–water partition coefficient (Wildman–Crippen LogP) is 1.86. The summed E-state index contributed by atoms with van der Waals surface area (Å²) in [7, 11) is 0. The third-order valence-corrected chi connectivity index (χ3v) is 3.65. The molecule has 1 fully saturated rings. The molecule has 0 bridgehead atoms. The molecular weight excluding hydrogens is 266 g/mol. The first-order valence-corrected chi connectivity index (χ1v) is 6.65. The van der Waals surface area contributed by atoms with E-state index in [0.717, 1.165) is 26.1 Å². The van der Waals surface area contributed by atoms with E-state index in [0.29, 0.717) is 12.1 Å². The largest absolute Gasteiger partial charge is 0.384 e. The fourth-order valence-corrected chi connectivity index (χ4v) is 2.30.